The molecule has 0 saturated carbocycles. The molecule has 1 aromatic carbocycles. The second-order valence-electron chi connectivity index (χ2n) is 4.80. The number of benzene rings is 1. The van der Waals surface area contributed by atoms with E-state index in [1.165, 1.54) is 4.90 Å². The SMILES string of the molecule is NC(=O)C1CCCCN1c1cc(C(=O)O)c(N)cc1F. The van der Waals surface area contributed by atoms with Gasteiger partial charge in [-0.15, -0.1) is 0 Å². The summed E-state index contributed by atoms with van der Waals surface area (Å²) in [6, 6.07) is 1.50. The Morgan fingerprint density at radius 2 is 2.05 bits per heavy atom. The van der Waals surface area contributed by atoms with E-state index in [2.05, 4.69) is 0 Å². The number of piperidine rings is 1. The van der Waals surface area contributed by atoms with Crippen molar-refractivity contribution >= 4 is 23.3 Å². The number of nitrogens with zero attached hydrogens (tertiary/aromatic N) is 1. The lowest BCUT2D eigenvalue weighted by atomic mass is 9.99. The maximum atomic E-state index is 14.0. The summed E-state index contributed by atoms with van der Waals surface area (Å²) in [5, 5.41) is 9.04. The van der Waals surface area contributed by atoms with E-state index < -0.39 is 23.7 Å². The molecule has 20 heavy (non-hydrogen) atoms. The third-order valence-corrected chi connectivity index (χ3v) is 3.49. The molecule has 7 heteroatoms. The highest BCUT2D eigenvalue weighted by Gasteiger charge is 2.29. The minimum atomic E-state index is -1.24. The second-order valence-corrected chi connectivity index (χ2v) is 4.80. The van der Waals surface area contributed by atoms with E-state index >= 15 is 0 Å². The molecule has 1 aromatic rings. The van der Waals surface area contributed by atoms with E-state index in [1.54, 1.807) is 0 Å². The van der Waals surface area contributed by atoms with Gasteiger partial charge in [0, 0.05) is 12.2 Å². The van der Waals surface area contributed by atoms with E-state index in [9.17, 15) is 14.0 Å². The summed E-state index contributed by atoms with van der Waals surface area (Å²) in [6.45, 7) is 0.452. The zero-order valence-corrected chi connectivity index (χ0v) is 10.8. The minimum Gasteiger partial charge on any atom is -0.478 e. The van der Waals surface area contributed by atoms with Gasteiger partial charge in [0.2, 0.25) is 5.91 Å². The fourth-order valence-electron chi connectivity index (χ4n) is 2.50. The summed E-state index contributed by atoms with van der Waals surface area (Å²) in [4.78, 5) is 24.0. The highest BCUT2D eigenvalue weighted by molar-refractivity contribution is 5.95. The average molecular weight is 281 g/mol. The number of carboxylic acid groups (broad SMARTS) is 1. The molecule has 2 rings (SSSR count). The van der Waals surface area contributed by atoms with Crippen LogP contribution in [0.2, 0.25) is 0 Å². The van der Waals surface area contributed by atoms with Crippen LogP contribution >= 0.6 is 0 Å². The summed E-state index contributed by atoms with van der Waals surface area (Å²) in [5.74, 6) is -2.44. The van der Waals surface area contributed by atoms with Crippen LogP contribution in [0.4, 0.5) is 15.8 Å². The molecule has 0 radical (unpaired) electrons. The monoisotopic (exact) mass is 281 g/mol. The van der Waals surface area contributed by atoms with E-state index in [-0.39, 0.29) is 16.9 Å². The first kappa shape index (κ1) is 14.1. The molecule has 1 fully saturated rings. The highest BCUT2D eigenvalue weighted by Crippen LogP contribution is 2.30. The van der Waals surface area contributed by atoms with Crippen LogP contribution in [0.25, 0.3) is 0 Å². The molecule has 1 unspecified atom stereocenters. The summed E-state index contributed by atoms with van der Waals surface area (Å²) in [5.41, 5.74) is 10.5. The molecule has 0 aromatic heterocycles. The normalized spacial score (nSPS) is 18.9. The van der Waals surface area contributed by atoms with Crippen molar-refractivity contribution in [2.75, 3.05) is 17.2 Å². The van der Waals surface area contributed by atoms with Crippen LogP contribution in [0.3, 0.4) is 0 Å². The number of hydrogen-bond donors (Lipinski definition) is 3. The Hall–Kier alpha value is -2.31. The quantitative estimate of drug-likeness (QED) is 0.714. The Kier molecular flexibility index (Phi) is 3.78. The van der Waals surface area contributed by atoms with Crippen molar-refractivity contribution in [2.45, 2.75) is 25.3 Å². The first-order valence-corrected chi connectivity index (χ1v) is 6.30. The molecule has 1 aliphatic rings. The van der Waals surface area contributed by atoms with Crippen molar-refractivity contribution in [2.24, 2.45) is 5.73 Å². The smallest absolute Gasteiger partial charge is 0.337 e. The largest absolute Gasteiger partial charge is 0.478 e. The summed E-state index contributed by atoms with van der Waals surface area (Å²) >= 11 is 0. The van der Waals surface area contributed by atoms with Crippen molar-refractivity contribution in [1.82, 2.24) is 0 Å². The molecule has 108 valence electrons. The van der Waals surface area contributed by atoms with Crippen LogP contribution < -0.4 is 16.4 Å². The van der Waals surface area contributed by atoms with Crippen LogP contribution in [0.1, 0.15) is 29.6 Å². The van der Waals surface area contributed by atoms with Gasteiger partial charge in [-0.2, -0.15) is 0 Å². The van der Waals surface area contributed by atoms with Gasteiger partial charge in [0.15, 0.2) is 0 Å². The first-order valence-electron chi connectivity index (χ1n) is 6.30. The first-order chi connectivity index (χ1) is 9.41. The number of aromatic carboxylic acids is 1. The topological polar surface area (TPSA) is 110 Å². The van der Waals surface area contributed by atoms with Gasteiger partial charge >= 0.3 is 5.97 Å². The predicted molar refractivity (Wildman–Crippen MR) is 72.0 cm³/mol. The zero-order chi connectivity index (χ0) is 14.9. The van der Waals surface area contributed by atoms with Crippen molar-refractivity contribution in [3.8, 4) is 0 Å². The van der Waals surface area contributed by atoms with Gasteiger partial charge in [-0.25, -0.2) is 9.18 Å². The van der Waals surface area contributed by atoms with Gasteiger partial charge in [-0.05, 0) is 31.4 Å². The maximum Gasteiger partial charge on any atom is 0.337 e. The van der Waals surface area contributed by atoms with Crippen LogP contribution in [0.5, 0.6) is 0 Å². The van der Waals surface area contributed by atoms with Gasteiger partial charge < -0.3 is 21.5 Å². The fourth-order valence-corrected chi connectivity index (χ4v) is 2.50. The highest BCUT2D eigenvalue weighted by atomic mass is 19.1. The Balaban J connectivity index is 2.47. The number of rotatable bonds is 3. The Bertz CT molecular complexity index is 562. The second kappa shape index (κ2) is 5.36. The molecule has 1 saturated heterocycles. The van der Waals surface area contributed by atoms with Gasteiger partial charge in [0.1, 0.15) is 11.9 Å². The molecule has 0 spiro atoms. The minimum absolute atomic E-state index is 0.0556. The number of carboxylic acids is 1. The number of primary amides is 1. The number of carbonyl (C=O) groups is 2. The van der Waals surface area contributed by atoms with E-state index in [4.69, 9.17) is 16.6 Å². The molecule has 1 amide bonds. The average Bonchev–Trinajstić information content (AvgIpc) is 2.38. The van der Waals surface area contributed by atoms with Crippen molar-refractivity contribution in [3.63, 3.8) is 0 Å². The Labute approximate surface area is 115 Å². The molecule has 1 heterocycles. The standard InChI is InChI=1S/C13H16FN3O3/c14-8-6-9(15)7(13(19)20)5-11(8)17-4-2-1-3-10(17)12(16)18/h5-6,10H,1-4,15H2,(H2,16,18)(H,19,20). The Morgan fingerprint density at radius 3 is 2.65 bits per heavy atom. The molecular formula is C13H16FN3O3. The number of halogens is 1. The number of hydrogen-bond acceptors (Lipinski definition) is 4. The van der Waals surface area contributed by atoms with Crippen LogP contribution in [0, 0.1) is 5.82 Å². The number of amides is 1. The van der Waals surface area contributed by atoms with E-state index in [0.717, 1.165) is 25.0 Å². The number of nitrogens with two attached hydrogens (primary N) is 2. The molecule has 5 N–H and O–H groups in total. The molecule has 6 nitrogen and oxygen atoms in total. The van der Waals surface area contributed by atoms with Gasteiger partial charge in [-0.3, -0.25) is 4.79 Å². The van der Waals surface area contributed by atoms with Crippen LogP contribution in [-0.4, -0.2) is 29.6 Å². The van der Waals surface area contributed by atoms with E-state index in [0.29, 0.717) is 13.0 Å². The molecular weight excluding hydrogens is 265 g/mol. The van der Waals surface area contributed by atoms with Gasteiger partial charge in [0.05, 0.1) is 11.3 Å². The predicted octanol–water partition coefficient (Wildman–Crippen LogP) is 0.950. The van der Waals surface area contributed by atoms with Crippen molar-refractivity contribution in [3.05, 3.63) is 23.5 Å². The van der Waals surface area contributed by atoms with Crippen LogP contribution in [-0.2, 0) is 4.79 Å². The van der Waals surface area contributed by atoms with Gasteiger partial charge in [0.25, 0.3) is 0 Å². The zero-order valence-electron chi connectivity index (χ0n) is 10.8. The lowest BCUT2D eigenvalue weighted by Crippen LogP contribution is -2.48. The number of nitrogen functional groups attached to an aromatic ring is 1. The molecule has 1 aliphatic heterocycles. The number of carbonyl (C=O) groups excluding carboxylic acids is 1. The third kappa shape index (κ3) is 2.52. The summed E-state index contributed by atoms with van der Waals surface area (Å²) in [6.07, 6.45) is 2.14. The van der Waals surface area contributed by atoms with E-state index in [1.807, 2.05) is 0 Å². The number of anilines is 2. The fraction of sp³-hybridized carbons (Fsp3) is 0.385. The van der Waals surface area contributed by atoms with Gasteiger partial charge in [-0.1, -0.05) is 0 Å². The van der Waals surface area contributed by atoms with Crippen molar-refractivity contribution < 1.29 is 19.1 Å². The Morgan fingerprint density at radius 1 is 1.35 bits per heavy atom. The van der Waals surface area contributed by atoms with Crippen molar-refractivity contribution in [1.29, 1.82) is 0 Å². The summed E-state index contributed by atoms with van der Waals surface area (Å²) < 4.78 is 14.0. The molecule has 0 aliphatic carbocycles. The molecule has 0 bridgehead atoms. The maximum absolute atomic E-state index is 14.0. The molecule has 1 atom stereocenters. The third-order valence-electron chi connectivity index (χ3n) is 3.49. The lowest BCUT2D eigenvalue weighted by molar-refractivity contribution is -0.119. The summed E-state index contributed by atoms with van der Waals surface area (Å²) in [7, 11) is 0. The lowest BCUT2D eigenvalue weighted by Gasteiger charge is -2.35. The van der Waals surface area contributed by atoms with Crippen LogP contribution in [0.15, 0.2) is 12.1 Å².